The van der Waals surface area contributed by atoms with Crippen LogP contribution in [0.3, 0.4) is 0 Å². The molecule has 0 aromatic rings. The maximum Gasteiger partial charge on any atom is 1.00 e. The van der Waals surface area contributed by atoms with E-state index < -0.39 is 21.9 Å². The minimum absolute atomic E-state index is 0. The molecule has 0 amide bonds. The number of nitrogens with zero attached hydrogens (tertiary/aromatic N) is 4. The van der Waals surface area contributed by atoms with E-state index in [0.29, 0.717) is 11.2 Å². The van der Waals surface area contributed by atoms with Crippen LogP contribution >= 0.6 is 0 Å². The van der Waals surface area contributed by atoms with Gasteiger partial charge in [-0.3, -0.25) is 14.4 Å². The number of carboxylic acid groups (broad SMARTS) is 1. The van der Waals surface area contributed by atoms with E-state index in [9.17, 15) is 28.2 Å². The number of allylic oxidation sites excluding steroid dienone is 1. The average molecular weight is 1450 g/mol. The van der Waals surface area contributed by atoms with Crippen molar-refractivity contribution in [3.8, 4) is 0 Å². The average Bonchev–Trinajstić information content (AvgIpc) is 4.13. The number of piperidine rings is 4. The molecule has 4 radical (unpaired) electrons. The van der Waals surface area contributed by atoms with E-state index in [1.807, 2.05) is 13.1 Å². The number of likely N-dealkylation sites (tertiary alicyclic amines) is 4. The van der Waals surface area contributed by atoms with Crippen molar-refractivity contribution in [2.45, 2.75) is 77.6 Å². The summed E-state index contributed by atoms with van der Waals surface area (Å²) in [7, 11) is 11.2. The molecule has 15 nitrogen and oxygen atoms in total. The second kappa shape index (κ2) is 56.2. The molecule has 4 aliphatic heterocycles. The van der Waals surface area contributed by atoms with Gasteiger partial charge in [0.25, 0.3) is 0 Å². The fourth-order valence-electron chi connectivity index (χ4n) is 6.98. The SMILES string of the molecule is C=CC(=O)OC.C=CCC.CN1CCC(=O)CC1.CN1CCC2(CC1)CC2C(=O)O.COC(=O)C1CC12CCN(C)CC2.COC(=O)C=C1CCN(C)CC1.C[S+](C)(C)=O.[CH3-].[CH3-].[CH3-].[CH3-].[I-].[Na+].[OH-].[Y].[Y].[Y].[Y]. The second-order valence-corrected chi connectivity index (χ2v) is 20.8. The monoisotopic (exact) mass is 1450 g/mol. The van der Waals surface area contributed by atoms with Gasteiger partial charge in [0.2, 0.25) is 0 Å². The summed E-state index contributed by atoms with van der Waals surface area (Å²) in [6.45, 7) is 17.1. The third-order valence-corrected chi connectivity index (χ3v) is 11.5. The Kier molecular flexibility index (Phi) is 81.0. The minimum atomic E-state index is -1.42. The number of carbonyl (C=O) groups excluding carboxylic acids is 4. The van der Waals surface area contributed by atoms with Gasteiger partial charge in [0.1, 0.15) is 24.6 Å². The van der Waals surface area contributed by atoms with Crippen molar-refractivity contribution in [2.24, 2.45) is 22.7 Å². The third-order valence-electron chi connectivity index (χ3n) is 11.5. The fraction of sp³-hybridized carbons (Fsp3) is 0.694. The number of ether oxygens (including phenoxy) is 3. The Bertz CT molecular complexity index is 1440. The van der Waals surface area contributed by atoms with E-state index in [1.54, 1.807) is 24.8 Å². The first kappa shape index (κ1) is 102. The van der Waals surface area contributed by atoms with Gasteiger partial charge < -0.3 is 98.1 Å². The first-order chi connectivity index (χ1) is 28.0. The van der Waals surface area contributed by atoms with Crippen molar-refractivity contribution in [3.05, 3.63) is 66.7 Å². The van der Waals surface area contributed by atoms with Gasteiger partial charge in [0.15, 0.2) is 0 Å². The van der Waals surface area contributed by atoms with Crippen molar-refractivity contribution >= 4 is 39.6 Å². The maximum atomic E-state index is 11.3. The van der Waals surface area contributed by atoms with Gasteiger partial charge in [-0.1, -0.05) is 25.2 Å². The van der Waals surface area contributed by atoms with Crippen LogP contribution in [0, 0.1) is 52.4 Å². The molecule has 6 rings (SSSR count). The van der Waals surface area contributed by atoms with Gasteiger partial charge >= 0.3 is 53.4 Å². The van der Waals surface area contributed by atoms with E-state index in [2.05, 4.69) is 70.3 Å². The molecule has 0 aromatic carbocycles. The third kappa shape index (κ3) is 49.6. The summed E-state index contributed by atoms with van der Waals surface area (Å²) in [5.41, 5.74) is 1.75. The molecule has 2 atom stereocenters. The van der Waals surface area contributed by atoms with E-state index in [0.717, 1.165) is 116 Å². The molecule has 2 aliphatic carbocycles. The Morgan fingerprint density at radius 1 is 0.648 bits per heavy atom. The van der Waals surface area contributed by atoms with Crippen LogP contribution in [0.1, 0.15) is 77.6 Å². The van der Waals surface area contributed by atoms with Crippen LogP contribution in [-0.2, 0) is 183 Å². The van der Waals surface area contributed by atoms with Crippen molar-refractivity contribution in [1.29, 1.82) is 0 Å². The van der Waals surface area contributed by atoms with Gasteiger partial charge in [-0.05, 0) is 123 Å². The molecule has 2 saturated carbocycles. The number of methoxy groups -OCH3 is 3. The molecular weight excluding hydrogens is 1360 g/mol. The van der Waals surface area contributed by atoms with Gasteiger partial charge in [-0.15, -0.1) is 10.8 Å². The van der Waals surface area contributed by atoms with Crippen LogP contribution < -0.4 is 53.5 Å². The molecule has 406 valence electrons. The summed E-state index contributed by atoms with van der Waals surface area (Å²) < 4.78 is 23.7. The minimum Gasteiger partial charge on any atom is -1.00 e. The van der Waals surface area contributed by atoms with E-state index >= 15 is 0 Å². The van der Waals surface area contributed by atoms with Crippen LogP contribution in [0.4, 0.5) is 0 Å². The summed E-state index contributed by atoms with van der Waals surface area (Å²) in [6, 6.07) is 0. The molecule has 22 heteroatoms. The van der Waals surface area contributed by atoms with Crippen molar-refractivity contribution in [1.82, 2.24) is 19.6 Å². The topological polar surface area (TPSA) is 193 Å². The number of esters is 3. The number of hydrogen-bond donors (Lipinski definition) is 1. The maximum absolute atomic E-state index is 11.3. The molecule has 6 aliphatic rings. The summed E-state index contributed by atoms with van der Waals surface area (Å²) in [4.78, 5) is 62.3. The predicted octanol–water partition coefficient (Wildman–Crippen LogP) is 0.712. The molecule has 4 saturated heterocycles. The molecule has 0 aromatic heterocycles. The van der Waals surface area contributed by atoms with Crippen molar-refractivity contribution in [3.63, 3.8) is 0 Å². The standard InChI is InChI=1S/C10H17NO2.2C9H15NO2.C6H11NO.C4H6O2.C4H8.C3H9OS.4CH3.HI.Na.H2O.4Y/c1-11-5-3-10(4-6-11)7-8(10)9(12)13-2;1-10-4-2-9(3-5-10)6-7(9)8(11)12;1-10-5-3-8(4-6-10)7-9(11)12-2;1-7-4-2-6(8)3-5-7;1-3-4(5)6-2;1-3-4-2;1-5(2,3)4;;;;;;;;;;;/h8H,3-7H2,1-2H3;7H,2-6H2,1H3,(H,11,12);7H,3-6H2,1-2H3;2-5H2,1H3;3H,1H2,2H3;3H,1,4H2,2H3;1-3H3;4*1H3;1H;;1H2;;;;/q;;;;;;+1;4*-1;;+1;;;;;/p-2. The fourth-order valence-corrected chi connectivity index (χ4v) is 6.98. The van der Waals surface area contributed by atoms with Gasteiger partial charge in [0, 0.05) is 182 Å². The van der Waals surface area contributed by atoms with Crippen LogP contribution in [0.5, 0.6) is 0 Å². The summed E-state index contributed by atoms with van der Waals surface area (Å²) in [5, 5.41) is 8.82. The molecular formula is C49H94IN4NaO11SY4-4. The zero-order valence-corrected chi connectivity index (χ0v) is 63.5. The number of halogens is 1. The Morgan fingerprint density at radius 2 is 0.944 bits per heavy atom. The van der Waals surface area contributed by atoms with Gasteiger partial charge in [0.05, 0.1) is 43.1 Å². The summed E-state index contributed by atoms with van der Waals surface area (Å²) in [5.74, 6) is -0.589. The van der Waals surface area contributed by atoms with Crippen LogP contribution in [0.25, 0.3) is 0 Å². The number of aliphatic carboxylic acids is 1. The molecule has 4 heterocycles. The molecule has 2 N–H and O–H groups in total. The zero-order valence-electron chi connectivity index (χ0n) is 47.2. The molecule has 71 heavy (non-hydrogen) atoms. The van der Waals surface area contributed by atoms with Crippen molar-refractivity contribution in [2.75, 3.05) is 121 Å². The first-order valence-corrected chi connectivity index (χ1v) is 23.9. The van der Waals surface area contributed by atoms with Gasteiger partial charge in [-0.2, -0.15) is 0 Å². The van der Waals surface area contributed by atoms with E-state index in [1.165, 1.54) is 39.7 Å². The number of rotatable bonds is 5. The number of carbonyl (C=O) groups is 5. The molecule has 0 bridgehead atoms. The quantitative estimate of drug-likeness (QED) is 0.0592. The smallest absolute Gasteiger partial charge is 1.00 e. The number of ketones is 1. The Morgan fingerprint density at radius 3 is 1.18 bits per heavy atom. The predicted molar refractivity (Wildman–Crippen MR) is 269 cm³/mol. The van der Waals surface area contributed by atoms with Crippen molar-refractivity contribution < 1.29 is 237 Å². The molecule has 2 unspecified atom stereocenters. The number of hydrogen-bond acceptors (Lipinski definition) is 14. The second-order valence-electron chi connectivity index (χ2n) is 17.3. The number of carboxylic acids is 1. The molecule has 6 fully saturated rings. The zero-order chi connectivity index (χ0) is 46.1. The number of Topliss-reactive ketones (excluding diaryl/α,β-unsaturated/α-hetero) is 1. The van der Waals surface area contributed by atoms with Crippen LogP contribution in [0.15, 0.2) is 37.0 Å². The summed E-state index contributed by atoms with van der Waals surface area (Å²) in [6.07, 6.45) is 20.8. The normalized spacial score (nSPS) is 19.1. The largest absolute Gasteiger partial charge is 1.00 e. The Balaban J connectivity index is -0.0000000575. The van der Waals surface area contributed by atoms with Gasteiger partial charge in [-0.25, -0.2) is 9.59 Å². The Labute approximate surface area is 575 Å². The first-order valence-electron chi connectivity index (χ1n) is 21.1. The Hall–Kier alpha value is 2.87. The van der Waals surface area contributed by atoms with Crippen LogP contribution in [0.2, 0.25) is 0 Å². The van der Waals surface area contributed by atoms with E-state index in [-0.39, 0.29) is 249 Å². The van der Waals surface area contributed by atoms with E-state index in [4.69, 9.17) is 9.84 Å². The summed E-state index contributed by atoms with van der Waals surface area (Å²) >= 11 is 0. The molecule has 2 spiro atoms. The van der Waals surface area contributed by atoms with Crippen LogP contribution in [-0.4, -0.2) is 180 Å².